The number of nitrogens with zero attached hydrogens (tertiary/aromatic N) is 3. The molecule has 0 unspecified atom stereocenters. The Morgan fingerprint density at radius 2 is 1.92 bits per heavy atom. The summed E-state index contributed by atoms with van der Waals surface area (Å²) in [4.78, 5) is 4.12. The summed E-state index contributed by atoms with van der Waals surface area (Å²) in [6.45, 7) is 5.84. The normalized spacial score (nSPS) is 22.5. The molecule has 0 radical (unpaired) electrons. The Balaban J connectivity index is 1.45. The molecular formula is C23H29N3. The monoisotopic (exact) mass is 347 g/mol. The average molecular weight is 348 g/mol. The van der Waals surface area contributed by atoms with Crippen LogP contribution in [0, 0.1) is 17.3 Å². The number of benzene rings is 2. The fourth-order valence-corrected chi connectivity index (χ4v) is 4.70. The van der Waals surface area contributed by atoms with Gasteiger partial charge in [-0.05, 0) is 65.7 Å². The fourth-order valence-electron chi connectivity index (χ4n) is 4.70. The minimum atomic E-state index is 0.449. The van der Waals surface area contributed by atoms with E-state index >= 15 is 0 Å². The largest absolute Gasteiger partial charge is 0.253 e. The van der Waals surface area contributed by atoms with Crippen LogP contribution in [0.3, 0.4) is 0 Å². The molecule has 0 spiro atoms. The SMILES string of the molecule is CC1(C)CC[C@H](CCc2ccc3ccccc3c2)[C@H](Cn2cncn2)C1. The van der Waals surface area contributed by atoms with Crippen molar-refractivity contribution in [2.45, 2.75) is 52.5 Å². The molecule has 1 heterocycles. The van der Waals surface area contributed by atoms with Gasteiger partial charge in [-0.2, -0.15) is 5.10 Å². The van der Waals surface area contributed by atoms with Crippen LogP contribution in [0.25, 0.3) is 10.8 Å². The Bertz CT molecular complexity index is 851. The van der Waals surface area contributed by atoms with Gasteiger partial charge in [0, 0.05) is 6.54 Å². The van der Waals surface area contributed by atoms with Crippen molar-refractivity contribution in [3.8, 4) is 0 Å². The lowest BCUT2D eigenvalue weighted by Crippen LogP contribution is -2.33. The van der Waals surface area contributed by atoms with Crippen molar-refractivity contribution >= 4 is 10.8 Å². The van der Waals surface area contributed by atoms with Crippen molar-refractivity contribution in [2.75, 3.05) is 0 Å². The Morgan fingerprint density at radius 3 is 2.73 bits per heavy atom. The van der Waals surface area contributed by atoms with E-state index in [0.29, 0.717) is 11.3 Å². The molecule has 2 aromatic carbocycles. The fraction of sp³-hybridized carbons (Fsp3) is 0.478. The highest BCUT2D eigenvalue weighted by atomic mass is 15.3. The summed E-state index contributed by atoms with van der Waals surface area (Å²) in [5.74, 6) is 1.47. The Hall–Kier alpha value is -2.16. The van der Waals surface area contributed by atoms with Gasteiger partial charge in [-0.3, -0.25) is 4.68 Å². The first kappa shape index (κ1) is 17.3. The number of hydrogen-bond acceptors (Lipinski definition) is 2. The molecule has 1 saturated carbocycles. The van der Waals surface area contributed by atoms with Crippen molar-refractivity contribution in [2.24, 2.45) is 17.3 Å². The van der Waals surface area contributed by atoms with Crippen molar-refractivity contribution in [1.29, 1.82) is 0 Å². The summed E-state index contributed by atoms with van der Waals surface area (Å²) >= 11 is 0. The van der Waals surface area contributed by atoms with Crippen molar-refractivity contribution in [3.05, 3.63) is 60.7 Å². The summed E-state index contributed by atoms with van der Waals surface area (Å²) in [6, 6.07) is 15.6. The van der Waals surface area contributed by atoms with Gasteiger partial charge in [-0.25, -0.2) is 4.98 Å². The molecule has 3 heteroatoms. The van der Waals surface area contributed by atoms with Gasteiger partial charge in [0.15, 0.2) is 0 Å². The smallest absolute Gasteiger partial charge is 0.137 e. The van der Waals surface area contributed by atoms with E-state index in [1.807, 2.05) is 11.0 Å². The Labute approximate surface area is 156 Å². The zero-order valence-electron chi connectivity index (χ0n) is 15.9. The van der Waals surface area contributed by atoms with E-state index in [-0.39, 0.29) is 0 Å². The van der Waals surface area contributed by atoms with E-state index in [1.165, 1.54) is 48.4 Å². The molecule has 1 aliphatic rings. The second-order valence-corrected chi connectivity index (χ2v) is 8.76. The second-order valence-electron chi connectivity index (χ2n) is 8.76. The van der Waals surface area contributed by atoms with E-state index in [1.54, 1.807) is 6.33 Å². The quantitative estimate of drug-likeness (QED) is 0.609. The van der Waals surface area contributed by atoms with Gasteiger partial charge in [0.2, 0.25) is 0 Å². The third-order valence-electron chi connectivity index (χ3n) is 6.18. The van der Waals surface area contributed by atoms with Gasteiger partial charge < -0.3 is 0 Å². The van der Waals surface area contributed by atoms with Crippen LogP contribution in [-0.4, -0.2) is 14.8 Å². The number of aromatic nitrogens is 3. The van der Waals surface area contributed by atoms with E-state index in [4.69, 9.17) is 0 Å². The lowest BCUT2D eigenvalue weighted by molar-refractivity contribution is 0.0963. The molecule has 0 aliphatic heterocycles. The summed E-state index contributed by atoms with van der Waals surface area (Å²) in [5, 5.41) is 7.04. The molecule has 3 aromatic rings. The van der Waals surface area contributed by atoms with Gasteiger partial charge in [0.05, 0.1) is 0 Å². The molecule has 1 aliphatic carbocycles. The van der Waals surface area contributed by atoms with Crippen molar-refractivity contribution < 1.29 is 0 Å². The summed E-state index contributed by atoms with van der Waals surface area (Å²) in [5.41, 5.74) is 1.91. The Morgan fingerprint density at radius 1 is 1.08 bits per heavy atom. The maximum atomic E-state index is 4.35. The summed E-state index contributed by atoms with van der Waals surface area (Å²) in [7, 11) is 0. The molecular weight excluding hydrogens is 318 g/mol. The third-order valence-corrected chi connectivity index (χ3v) is 6.18. The molecule has 26 heavy (non-hydrogen) atoms. The predicted molar refractivity (Wildman–Crippen MR) is 107 cm³/mol. The van der Waals surface area contributed by atoms with Gasteiger partial charge in [-0.15, -0.1) is 0 Å². The Kier molecular flexibility index (Phi) is 4.80. The summed E-state index contributed by atoms with van der Waals surface area (Å²) < 4.78 is 2.02. The maximum Gasteiger partial charge on any atom is 0.137 e. The molecule has 1 fully saturated rings. The number of rotatable bonds is 5. The molecule has 0 saturated heterocycles. The molecule has 4 rings (SSSR count). The molecule has 0 bridgehead atoms. The predicted octanol–water partition coefficient (Wildman–Crippen LogP) is 5.51. The maximum absolute atomic E-state index is 4.35. The first-order chi connectivity index (χ1) is 12.6. The van der Waals surface area contributed by atoms with E-state index < -0.39 is 0 Å². The van der Waals surface area contributed by atoms with Gasteiger partial charge in [0.25, 0.3) is 0 Å². The minimum absolute atomic E-state index is 0.449. The van der Waals surface area contributed by atoms with Gasteiger partial charge in [0.1, 0.15) is 12.7 Å². The standard InChI is InChI=1S/C23H29N3/c1-23(2)12-11-20(22(14-23)15-26-17-24-16-25-26)10-8-18-7-9-19-5-3-4-6-21(19)13-18/h3-7,9,13,16-17,20,22H,8,10-12,14-15H2,1-2H3/t20-,22-/m0/s1. The highest BCUT2D eigenvalue weighted by Crippen LogP contribution is 2.44. The lowest BCUT2D eigenvalue weighted by Gasteiger charge is -2.41. The first-order valence-electron chi connectivity index (χ1n) is 9.89. The van der Waals surface area contributed by atoms with Crippen LogP contribution >= 0.6 is 0 Å². The molecule has 0 amide bonds. The highest BCUT2D eigenvalue weighted by molar-refractivity contribution is 5.82. The number of hydrogen-bond donors (Lipinski definition) is 0. The van der Waals surface area contributed by atoms with Crippen molar-refractivity contribution in [3.63, 3.8) is 0 Å². The van der Waals surface area contributed by atoms with Crippen LogP contribution in [-0.2, 0) is 13.0 Å². The number of aryl methyl sites for hydroxylation is 1. The molecule has 2 atom stereocenters. The van der Waals surface area contributed by atoms with E-state index in [0.717, 1.165) is 12.5 Å². The highest BCUT2D eigenvalue weighted by Gasteiger charge is 2.34. The van der Waals surface area contributed by atoms with Gasteiger partial charge >= 0.3 is 0 Å². The minimum Gasteiger partial charge on any atom is -0.253 e. The van der Waals surface area contributed by atoms with Gasteiger partial charge in [-0.1, -0.05) is 56.3 Å². The van der Waals surface area contributed by atoms with E-state index in [2.05, 4.69) is 66.4 Å². The van der Waals surface area contributed by atoms with E-state index in [9.17, 15) is 0 Å². The molecule has 3 nitrogen and oxygen atoms in total. The number of fused-ring (bicyclic) bond motifs is 1. The average Bonchev–Trinajstić information content (AvgIpc) is 3.13. The lowest BCUT2D eigenvalue weighted by atomic mass is 9.66. The van der Waals surface area contributed by atoms with Crippen LogP contribution in [0.4, 0.5) is 0 Å². The second kappa shape index (κ2) is 7.22. The molecule has 0 N–H and O–H groups in total. The zero-order valence-corrected chi connectivity index (χ0v) is 15.9. The van der Waals surface area contributed by atoms with Crippen LogP contribution in [0.5, 0.6) is 0 Å². The van der Waals surface area contributed by atoms with Crippen LogP contribution < -0.4 is 0 Å². The third kappa shape index (κ3) is 3.98. The summed E-state index contributed by atoms with van der Waals surface area (Å²) in [6.07, 6.45) is 9.91. The molecule has 1 aromatic heterocycles. The van der Waals surface area contributed by atoms with Crippen molar-refractivity contribution in [1.82, 2.24) is 14.8 Å². The zero-order chi connectivity index (χ0) is 18.0. The molecule has 136 valence electrons. The van der Waals surface area contributed by atoms with Crippen LogP contribution in [0.15, 0.2) is 55.1 Å². The van der Waals surface area contributed by atoms with Crippen LogP contribution in [0.2, 0.25) is 0 Å². The van der Waals surface area contributed by atoms with Crippen LogP contribution in [0.1, 0.15) is 45.1 Å². The topological polar surface area (TPSA) is 30.7 Å². The first-order valence-corrected chi connectivity index (χ1v) is 9.89.